The fourth-order valence-corrected chi connectivity index (χ4v) is 2.82. The zero-order chi connectivity index (χ0) is 20.1. The van der Waals surface area contributed by atoms with Gasteiger partial charge >= 0.3 is 0 Å². The molecule has 1 aliphatic rings. The van der Waals surface area contributed by atoms with Crippen molar-refractivity contribution in [2.24, 2.45) is 5.73 Å². The van der Waals surface area contributed by atoms with E-state index in [1.807, 2.05) is 24.3 Å². The summed E-state index contributed by atoms with van der Waals surface area (Å²) in [4.78, 5) is 25.5. The molecule has 2 aromatic rings. The Morgan fingerprint density at radius 2 is 1.93 bits per heavy atom. The second-order valence-electron chi connectivity index (χ2n) is 6.26. The number of fused-ring (bicyclic) bond motifs is 1. The molecule has 1 aliphatic heterocycles. The molecule has 1 heterocycles. The van der Waals surface area contributed by atoms with Gasteiger partial charge in [0, 0.05) is 7.05 Å². The Balaban J connectivity index is 1.59. The van der Waals surface area contributed by atoms with Crippen molar-refractivity contribution in [3.05, 3.63) is 48.0 Å². The summed E-state index contributed by atoms with van der Waals surface area (Å²) < 4.78 is 22.3. The highest BCUT2D eigenvalue weighted by Gasteiger charge is 2.24. The van der Waals surface area contributed by atoms with Gasteiger partial charge in [-0.3, -0.25) is 9.59 Å². The van der Waals surface area contributed by atoms with Crippen molar-refractivity contribution in [1.29, 1.82) is 0 Å². The molecule has 0 spiro atoms. The van der Waals surface area contributed by atoms with Crippen molar-refractivity contribution in [3.8, 4) is 23.0 Å². The third kappa shape index (κ3) is 4.28. The predicted molar refractivity (Wildman–Crippen MR) is 101 cm³/mol. The standard InChI is InChI=1S/C20H22N2O6/c1-22(10-13-11-26-15-7-3-4-8-16(15)28-13)18(23)12-27-19-14(20(21)24)6-5-9-17(19)25-2/h3-9,13H,10-12H2,1-2H3,(H2,21,24). The summed E-state index contributed by atoms with van der Waals surface area (Å²) in [5.41, 5.74) is 5.52. The lowest BCUT2D eigenvalue weighted by Gasteiger charge is -2.29. The maximum Gasteiger partial charge on any atom is 0.260 e. The fraction of sp³-hybridized carbons (Fsp3) is 0.300. The van der Waals surface area contributed by atoms with Crippen LogP contribution in [0.1, 0.15) is 10.4 Å². The van der Waals surface area contributed by atoms with Gasteiger partial charge in [0.15, 0.2) is 35.7 Å². The Kier molecular flexibility index (Phi) is 5.88. The van der Waals surface area contributed by atoms with Crippen LogP contribution in [-0.2, 0) is 4.79 Å². The number of likely N-dealkylation sites (N-methyl/N-ethyl adjacent to an activating group) is 1. The highest BCUT2D eigenvalue weighted by Crippen LogP contribution is 2.32. The Labute approximate surface area is 162 Å². The van der Waals surface area contributed by atoms with E-state index in [1.54, 1.807) is 19.2 Å². The summed E-state index contributed by atoms with van der Waals surface area (Å²) in [7, 11) is 3.09. The third-order valence-electron chi connectivity index (χ3n) is 4.28. The van der Waals surface area contributed by atoms with Gasteiger partial charge in [-0.15, -0.1) is 0 Å². The topological polar surface area (TPSA) is 100 Å². The van der Waals surface area contributed by atoms with Crippen molar-refractivity contribution in [1.82, 2.24) is 4.90 Å². The average Bonchev–Trinajstić information content (AvgIpc) is 2.71. The summed E-state index contributed by atoms with van der Waals surface area (Å²) in [5, 5.41) is 0. The Morgan fingerprint density at radius 3 is 2.64 bits per heavy atom. The zero-order valence-electron chi connectivity index (χ0n) is 15.7. The van der Waals surface area contributed by atoms with Crippen LogP contribution in [0.4, 0.5) is 0 Å². The van der Waals surface area contributed by atoms with Gasteiger partial charge < -0.3 is 29.6 Å². The molecule has 1 atom stereocenters. The van der Waals surface area contributed by atoms with Crippen LogP contribution in [-0.4, -0.2) is 56.7 Å². The number of para-hydroxylation sites is 3. The van der Waals surface area contributed by atoms with E-state index in [-0.39, 0.29) is 29.9 Å². The number of hydrogen-bond acceptors (Lipinski definition) is 6. The Morgan fingerprint density at radius 1 is 1.18 bits per heavy atom. The van der Waals surface area contributed by atoms with Crippen molar-refractivity contribution in [2.75, 3.05) is 33.9 Å². The summed E-state index contributed by atoms with van der Waals surface area (Å²) in [6.07, 6.45) is -0.295. The first kappa shape index (κ1) is 19.3. The number of nitrogens with two attached hydrogens (primary N) is 1. The normalized spacial score (nSPS) is 14.9. The van der Waals surface area contributed by atoms with Crippen LogP contribution in [0.5, 0.6) is 23.0 Å². The molecule has 0 aromatic heterocycles. The second-order valence-corrected chi connectivity index (χ2v) is 6.26. The van der Waals surface area contributed by atoms with Gasteiger partial charge in [0.05, 0.1) is 19.2 Å². The Bertz CT molecular complexity index is 870. The molecule has 0 bridgehead atoms. The number of nitrogens with zero attached hydrogens (tertiary/aromatic N) is 1. The molecule has 0 saturated heterocycles. The average molecular weight is 386 g/mol. The van der Waals surface area contributed by atoms with Crippen LogP contribution in [0.3, 0.4) is 0 Å². The van der Waals surface area contributed by atoms with E-state index < -0.39 is 5.91 Å². The molecule has 2 N–H and O–H groups in total. The monoisotopic (exact) mass is 386 g/mol. The first-order valence-electron chi connectivity index (χ1n) is 8.71. The van der Waals surface area contributed by atoms with Gasteiger partial charge in [0.1, 0.15) is 6.61 Å². The van der Waals surface area contributed by atoms with Crippen molar-refractivity contribution in [2.45, 2.75) is 6.10 Å². The molecule has 0 fully saturated rings. The predicted octanol–water partition coefficient (Wildman–Crippen LogP) is 1.47. The zero-order valence-corrected chi connectivity index (χ0v) is 15.7. The number of hydrogen-bond donors (Lipinski definition) is 1. The van der Waals surface area contributed by atoms with E-state index in [1.165, 1.54) is 18.1 Å². The summed E-state index contributed by atoms with van der Waals surface area (Å²) in [6.45, 7) is 0.389. The molecular formula is C20H22N2O6. The van der Waals surface area contributed by atoms with E-state index in [2.05, 4.69) is 0 Å². The molecule has 0 aliphatic carbocycles. The van der Waals surface area contributed by atoms with E-state index in [9.17, 15) is 9.59 Å². The number of primary amides is 1. The summed E-state index contributed by atoms with van der Waals surface area (Å²) in [5.74, 6) is 0.852. The number of rotatable bonds is 7. The number of carbonyl (C=O) groups is 2. The first-order valence-corrected chi connectivity index (χ1v) is 8.71. The van der Waals surface area contributed by atoms with Crippen molar-refractivity contribution < 1.29 is 28.5 Å². The van der Waals surface area contributed by atoms with Crippen LogP contribution in [0.15, 0.2) is 42.5 Å². The lowest BCUT2D eigenvalue weighted by atomic mass is 10.2. The number of carbonyl (C=O) groups excluding carboxylic acids is 2. The van der Waals surface area contributed by atoms with Gasteiger partial charge in [0.25, 0.3) is 11.8 Å². The van der Waals surface area contributed by atoms with Gasteiger partial charge in [-0.1, -0.05) is 18.2 Å². The molecule has 3 rings (SSSR count). The largest absolute Gasteiger partial charge is 0.493 e. The molecule has 0 radical (unpaired) electrons. The lowest BCUT2D eigenvalue weighted by molar-refractivity contribution is -0.133. The van der Waals surface area contributed by atoms with Crippen LogP contribution in [0.25, 0.3) is 0 Å². The minimum absolute atomic E-state index is 0.144. The lowest BCUT2D eigenvalue weighted by Crippen LogP contribution is -2.43. The van der Waals surface area contributed by atoms with Gasteiger partial charge in [-0.05, 0) is 24.3 Å². The molecule has 1 unspecified atom stereocenters. The molecular weight excluding hydrogens is 364 g/mol. The second kappa shape index (κ2) is 8.51. The number of methoxy groups -OCH3 is 1. The number of ether oxygens (including phenoxy) is 4. The minimum Gasteiger partial charge on any atom is -0.493 e. The third-order valence-corrected chi connectivity index (χ3v) is 4.28. The summed E-state index contributed by atoms with van der Waals surface area (Å²) in [6, 6.07) is 12.1. The van der Waals surface area contributed by atoms with Crippen LogP contribution < -0.4 is 24.7 Å². The number of benzene rings is 2. The molecule has 2 aromatic carbocycles. The van der Waals surface area contributed by atoms with Gasteiger partial charge in [0.2, 0.25) is 0 Å². The fourth-order valence-electron chi connectivity index (χ4n) is 2.82. The van der Waals surface area contributed by atoms with E-state index in [0.717, 1.165) is 0 Å². The SMILES string of the molecule is COc1cccc(C(N)=O)c1OCC(=O)N(C)CC1COc2ccccc2O1. The molecule has 2 amide bonds. The molecule has 8 nitrogen and oxygen atoms in total. The highest BCUT2D eigenvalue weighted by atomic mass is 16.6. The molecule has 148 valence electrons. The maximum atomic E-state index is 12.5. The van der Waals surface area contributed by atoms with Crippen LogP contribution in [0, 0.1) is 0 Å². The molecule has 28 heavy (non-hydrogen) atoms. The van der Waals surface area contributed by atoms with Crippen molar-refractivity contribution in [3.63, 3.8) is 0 Å². The summed E-state index contributed by atoms with van der Waals surface area (Å²) >= 11 is 0. The van der Waals surface area contributed by atoms with Crippen LogP contribution in [0.2, 0.25) is 0 Å². The van der Waals surface area contributed by atoms with Gasteiger partial charge in [-0.25, -0.2) is 0 Å². The van der Waals surface area contributed by atoms with E-state index >= 15 is 0 Å². The van der Waals surface area contributed by atoms with Crippen LogP contribution >= 0.6 is 0 Å². The highest BCUT2D eigenvalue weighted by molar-refractivity contribution is 5.96. The minimum atomic E-state index is -0.666. The Hall–Kier alpha value is -3.42. The first-order chi connectivity index (χ1) is 13.5. The van der Waals surface area contributed by atoms with Gasteiger partial charge in [-0.2, -0.15) is 0 Å². The maximum absolute atomic E-state index is 12.5. The smallest absolute Gasteiger partial charge is 0.260 e. The van der Waals surface area contributed by atoms with Crippen molar-refractivity contribution >= 4 is 11.8 Å². The van der Waals surface area contributed by atoms with E-state index in [4.69, 9.17) is 24.7 Å². The molecule has 0 saturated carbocycles. The molecule has 8 heteroatoms. The quantitative estimate of drug-likeness (QED) is 0.774. The van der Waals surface area contributed by atoms with E-state index in [0.29, 0.717) is 30.4 Å². The number of amides is 2.